The van der Waals surface area contributed by atoms with E-state index in [4.69, 9.17) is 5.11 Å². The van der Waals surface area contributed by atoms with Crippen LogP contribution in [-0.2, 0) is 6.61 Å². The summed E-state index contributed by atoms with van der Waals surface area (Å²) in [5, 5.41) is 8.86. The van der Waals surface area contributed by atoms with Crippen LogP contribution in [-0.4, -0.2) is 24.6 Å². The molecule has 0 aliphatic heterocycles. The lowest BCUT2D eigenvalue weighted by Crippen LogP contribution is -2.04. The predicted octanol–water partition coefficient (Wildman–Crippen LogP) is 5.41. The Kier molecular flexibility index (Phi) is 9.60. The minimum Gasteiger partial charge on any atom is -0.434 e. The zero-order chi connectivity index (χ0) is 19.7. The quantitative estimate of drug-likeness (QED) is 0.423. The first-order valence-electron chi connectivity index (χ1n) is 6.81. The van der Waals surface area contributed by atoms with E-state index in [-0.39, 0.29) is 23.7 Å². The predicted molar refractivity (Wildman–Crippen MR) is 92.9 cm³/mol. The Morgan fingerprint density at radius 2 is 1.42 bits per heavy atom. The van der Waals surface area contributed by atoms with Crippen LogP contribution in [0.15, 0.2) is 45.3 Å². The van der Waals surface area contributed by atoms with Gasteiger partial charge in [0.1, 0.15) is 11.5 Å². The molecular weight excluding hydrogens is 492 g/mol. The molecule has 0 saturated heterocycles. The zero-order valence-corrected chi connectivity index (χ0v) is 16.0. The number of carbonyl (C=O) groups is 1. The highest BCUT2D eigenvalue weighted by Crippen LogP contribution is 2.28. The zero-order valence-electron chi connectivity index (χ0n) is 12.8. The van der Waals surface area contributed by atoms with Gasteiger partial charge in [0.2, 0.25) is 0 Å². The first-order valence-corrected chi connectivity index (χ1v) is 8.40. The van der Waals surface area contributed by atoms with Crippen LogP contribution in [0.25, 0.3) is 0 Å². The van der Waals surface area contributed by atoms with Gasteiger partial charge in [-0.1, -0.05) is 28.1 Å². The molecule has 0 aliphatic rings. The van der Waals surface area contributed by atoms with E-state index in [9.17, 15) is 22.4 Å². The maximum absolute atomic E-state index is 11.8. The molecule has 1 N–H and O–H groups in total. The number of rotatable bonds is 6. The Bertz CT molecular complexity index is 729. The van der Waals surface area contributed by atoms with Gasteiger partial charge in [-0.15, -0.1) is 0 Å². The highest BCUT2D eigenvalue weighted by molar-refractivity contribution is 9.10. The topological polar surface area (TPSA) is 55.8 Å². The maximum Gasteiger partial charge on any atom is 0.387 e. The van der Waals surface area contributed by atoms with Crippen molar-refractivity contribution in [2.24, 2.45) is 0 Å². The molecule has 0 atom stereocenters. The summed E-state index contributed by atoms with van der Waals surface area (Å²) in [5.41, 5.74) is 0.408. The van der Waals surface area contributed by atoms with Crippen molar-refractivity contribution < 1.29 is 36.9 Å². The Morgan fingerprint density at radius 3 is 1.92 bits per heavy atom. The van der Waals surface area contributed by atoms with Crippen molar-refractivity contribution in [2.75, 3.05) is 0 Å². The number of ether oxygens (including phenoxy) is 2. The second-order valence-electron chi connectivity index (χ2n) is 4.40. The van der Waals surface area contributed by atoms with E-state index in [0.29, 0.717) is 20.8 Å². The molecule has 4 nitrogen and oxygen atoms in total. The van der Waals surface area contributed by atoms with Crippen LogP contribution in [0.1, 0.15) is 15.9 Å². The lowest BCUT2D eigenvalue weighted by molar-refractivity contribution is -0.0513. The molecule has 0 radical (unpaired) electrons. The molecule has 0 aromatic heterocycles. The van der Waals surface area contributed by atoms with Crippen LogP contribution >= 0.6 is 31.9 Å². The Hall–Kier alpha value is -1.65. The van der Waals surface area contributed by atoms with Crippen LogP contribution in [0.4, 0.5) is 17.6 Å². The largest absolute Gasteiger partial charge is 0.434 e. The summed E-state index contributed by atoms with van der Waals surface area (Å²) in [6.45, 7) is -6.14. The number of aliphatic hydroxyl groups excluding tert-OH is 1. The molecule has 0 fully saturated rings. The minimum atomic E-state index is -2.92. The van der Waals surface area contributed by atoms with Gasteiger partial charge < -0.3 is 14.6 Å². The fraction of sp³-hybridized carbons (Fsp3) is 0.188. The molecule has 0 saturated carbocycles. The first-order chi connectivity index (χ1) is 12.3. The van der Waals surface area contributed by atoms with Crippen molar-refractivity contribution in [1.82, 2.24) is 0 Å². The van der Waals surface area contributed by atoms with E-state index in [1.54, 1.807) is 18.2 Å². The number of hydrogen-bond acceptors (Lipinski definition) is 4. The molecule has 142 valence electrons. The van der Waals surface area contributed by atoms with Crippen LogP contribution < -0.4 is 9.47 Å². The average molecular weight is 504 g/mol. The van der Waals surface area contributed by atoms with Gasteiger partial charge in [-0.2, -0.15) is 17.6 Å². The first kappa shape index (κ1) is 22.4. The highest BCUT2D eigenvalue weighted by Gasteiger charge is 2.11. The summed E-state index contributed by atoms with van der Waals surface area (Å²) < 4.78 is 56.6. The number of carbonyl (C=O) groups excluding carboxylic acids is 1. The molecule has 0 aliphatic carbocycles. The molecule has 0 heterocycles. The summed E-state index contributed by atoms with van der Waals surface area (Å²) in [7, 11) is 0. The molecule has 2 aromatic carbocycles. The second-order valence-corrected chi connectivity index (χ2v) is 6.11. The number of halogens is 6. The van der Waals surface area contributed by atoms with Gasteiger partial charge in [0.15, 0.2) is 6.29 Å². The monoisotopic (exact) mass is 502 g/mol. The molecule has 0 bridgehead atoms. The number of hydrogen-bond donors (Lipinski definition) is 1. The van der Waals surface area contributed by atoms with Crippen molar-refractivity contribution in [1.29, 1.82) is 0 Å². The molecule has 2 aromatic rings. The Labute approximate surface area is 163 Å². The molecule has 10 heteroatoms. The third-order valence-electron chi connectivity index (χ3n) is 2.80. The molecular formula is C16H12Br2F4O4. The highest BCUT2D eigenvalue weighted by atomic mass is 79.9. The van der Waals surface area contributed by atoms with E-state index >= 15 is 0 Å². The van der Waals surface area contributed by atoms with Crippen molar-refractivity contribution in [3.05, 3.63) is 56.5 Å². The van der Waals surface area contributed by atoms with Crippen molar-refractivity contribution in [3.63, 3.8) is 0 Å². The summed E-state index contributed by atoms with van der Waals surface area (Å²) in [5.74, 6) is -0.133. The maximum atomic E-state index is 11.8. The van der Waals surface area contributed by atoms with Gasteiger partial charge in [0.25, 0.3) is 0 Å². The lowest BCUT2D eigenvalue weighted by atomic mass is 10.2. The van der Waals surface area contributed by atoms with Gasteiger partial charge in [0, 0.05) is 14.5 Å². The number of benzene rings is 2. The van der Waals surface area contributed by atoms with Crippen LogP contribution in [0, 0.1) is 0 Å². The molecule has 2 rings (SSSR count). The van der Waals surface area contributed by atoms with Crippen molar-refractivity contribution >= 4 is 38.1 Å². The number of aliphatic hydroxyl groups is 1. The van der Waals surface area contributed by atoms with Gasteiger partial charge in [-0.05, 0) is 40.2 Å². The van der Waals surface area contributed by atoms with E-state index in [0.717, 1.165) is 0 Å². The number of aldehydes is 1. The second kappa shape index (κ2) is 11.1. The van der Waals surface area contributed by atoms with Gasteiger partial charge in [-0.25, -0.2) is 0 Å². The molecule has 26 heavy (non-hydrogen) atoms. The standard InChI is InChI=1S/C8H7BrF2O2.C8H5BrF2O2/c2*9-6-2-1-3-7(5(6)4-12)13-8(10)11/h1-3,8,12H,4H2;1-4,8H. The normalized spacial score (nSPS) is 10.3. The van der Waals surface area contributed by atoms with Crippen LogP contribution in [0.3, 0.4) is 0 Å². The number of alkyl halides is 4. The third kappa shape index (κ3) is 6.93. The fourth-order valence-electron chi connectivity index (χ4n) is 1.73. The van der Waals surface area contributed by atoms with Crippen molar-refractivity contribution in [3.8, 4) is 11.5 Å². The summed E-state index contributed by atoms with van der Waals surface area (Å²) in [6.07, 6.45) is 0.460. The van der Waals surface area contributed by atoms with Crippen LogP contribution in [0.5, 0.6) is 11.5 Å². The fourth-order valence-corrected chi connectivity index (χ4v) is 2.64. The van der Waals surface area contributed by atoms with Gasteiger partial charge in [0.05, 0.1) is 12.2 Å². The summed E-state index contributed by atoms with van der Waals surface area (Å²) in [4.78, 5) is 10.5. The van der Waals surface area contributed by atoms with E-state index in [1.807, 2.05) is 0 Å². The smallest absolute Gasteiger partial charge is 0.387 e. The lowest BCUT2D eigenvalue weighted by Gasteiger charge is -2.09. The third-order valence-corrected chi connectivity index (χ3v) is 4.23. The van der Waals surface area contributed by atoms with E-state index < -0.39 is 13.2 Å². The average Bonchev–Trinajstić information content (AvgIpc) is 2.55. The molecule has 0 amide bonds. The van der Waals surface area contributed by atoms with Gasteiger partial charge in [-0.3, -0.25) is 4.79 Å². The van der Waals surface area contributed by atoms with Crippen LogP contribution in [0.2, 0.25) is 0 Å². The van der Waals surface area contributed by atoms with Gasteiger partial charge >= 0.3 is 13.2 Å². The SMILES string of the molecule is O=Cc1c(Br)cccc1OC(F)F.OCc1c(Br)cccc1OC(F)F. The molecule has 0 unspecified atom stereocenters. The summed E-state index contributed by atoms with van der Waals surface area (Å²) >= 11 is 6.15. The molecule has 0 spiro atoms. The van der Waals surface area contributed by atoms with E-state index in [2.05, 4.69) is 41.3 Å². The van der Waals surface area contributed by atoms with E-state index in [1.165, 1.54) is 18.2 Å². The Balaban J connectivity index is 0.000000260. The summed E-state index contributed by atoms with van der Waals surface area (Å²) in [6, 6.07) is 8.96. The Morgan fingerprint density at radius 1 is 0.923 bits per heavy atom. The minimum absolute atomic E-state index is 0.00752. The van der Waals surface area contributed by atoms with Crippen molar-refractivity contribution in [2.45, 2.75) is 19.8 Å².